The van der Waals surface area contributed by atoms with Crippen LogP contribution in [0.15, 0.2) is 0 Å². The molecule has 1 saturated heterocycles. The molecule has 0 aromatic heterocycles. The van der Waals surface area contributed by atoms with Gasteiger partial charge in [-0.2, -0.15) is 21.6 Å². The molecule has 110 valence electrons. The fourth-order valence-electron chi connectivity index (χ4n) is 2.69. The number of halogens is 3. The molecule has 2 fully saturated rings. The molecule has 1 N–H and O–H groups in total. The van der Waals surface area contributed by atoms with Crippen LogP contribution in [-0.2, 0) is 14.3 Å². The van der Waals surface area contributed by atoms with Gasteiger partial charge in [0.15, 0.2) is 0 Å². The second-order valence-electron chi connectivity index (χ2n) is 4.75. The molecule has 1 aliphatic heterocycles. The Bertz CT molecular complexity index is 463. The molecule has 2 unspecified atom stereocenters. The minimum absolute atomic E-state index is 0.00385. The molecule has 0 radical (unpaired) electrons. The SMILES string of the molecule is O=C(O)N1CC2CCC(C1)C2OS(=O)(=O)C(F)(F)F. The zero-order chi connectivity index (χ0) is 14.4. The molecule has 2 rings (SSSR count). The van der Waals surface area contributed by atoms with Crippen LogP contribution in [0.5, 0.6) is 0 Å². The number of rotatable bonds is 2. The lowest BCUT2D eigenvalue weighted by Gasteiger charge is -2.35. The van der Waals surface area contributed by atoms with Crippen LogP contribution in [0.4, 0.5) is 18.0 Å². The molecule has 2 bridgehead atoms. The molecule has 10 heteroatoms. The van der Waals surface area contributed by atoms with Crippen LogP contribution >= 0.6 is 0 Å². The summed E-state index contributed by atoms with van der Waals surface area (Å²) in [5, 5.41) is 8.84. The summed E-state index contributed by atoms with van der Waals surface area (Å²) < 4.78 is 63.0. The predicted molar refractivity (Wildman–Crippen MR) is 55.7 cm³/mol. The molecule has 2 atom stereocenters. The van der Waals surface area contributed by atoms with Crippen molar-refractivity contribution in [3.05, 3.63) is 0 Å². The first-order valence-electron chi connectivity index (χ1n) is 5.59. The second kappa shape index (κ2) is 4.51. The van der Waals surface area contributed by atoms with E-state index in [-0.39, 0.29) is 13.1 Å². The van der Waals surface area contributed by atoms with Crippen LogP contribution in [-0.4, -0.2) is 49.2 Å². The van der Waals surface area contributed by atoms with E-state index < -0.39 is 39.7 Å². The van der Waals surface area contributed by atoms with Crippen molar-refractivity contribution in [1.82, 2.24) is 4.90 Å². The predicted octanol–water partition coefficient (Wildman–Crippen LogP) is 1.24. The van der Waals surface area contributed by atoms with E-state index in [9.17, 15) is 26.4 Å². The molecule has 0 aromatic rings. The summed E-state index contributed by atoms with van der Waals surface area (Å²) in [5.74, 6) is -1.01. The summed E-state index contributed by atoms with van der Waals surface area (Å²) in [7, 11) is -5.63. The molecule has 1 amide bonds. The lowest BCUT2D eigenvalue weighted by molar-refractivity contribution is -0.0638. The maximum atomic E-state index is 12.3. The molecule has 1 heterocycles. The zero-order valence-corrected chi connectivity index (χ0v) is 10.4. The molecule has 6 nitrogen and oxygen atoms in total. The number of nitrogens with zero attached hydrogens (tertiary/aromatic N) is 1. The van der Waals surface area contributed by atoms with E-state index >= 15 is 0 Å². The van der Waals surface area contributed by atoms with Gasteiger partial charge < -0.3 is 10.0 Å². The fourth-order valence-corrected chi connectivity index (χ4v) is 3.40. The molecule has 1 aliphatic carbocycles. The Kier molecular flexibility index (Phi) is 3.42. The number of carboxylic acid groups (broad SMARTS) is 1. The van der Waals surface area contributed by atoms with Crippen molar-refractivity contribution < 1.29 is 35.7 Å². The summed E-state index contributed by atoms with van der Waals surface area (Å²) in [6, 6.07) is 0. The molecule has 0 aromatic carbocycles. The third-order valence-electron chi connectivity index (χ3n) is 3.54. The number of fused-ring (bicyclic) bond motifs is 2. The summed E-state index contributed by atoms with van der Waals surface area (Å²) in [5.41, 5.74) is -5.45. The normalized spacial score (nSPS) is 31.5. The van der Waals surface area contributed by atoms with Gasteiger partial charge in [-0.1, -0.05) is 0 Å². The Balaban J connectivity index is 2.11. The standard InChI is InChI=1S/C9H12F3NO5S/c10-9(11,12)19(16,17)18-7-5-1-2-6(7)4-13(3-5)8(14)15/h5-7H,1-4H2,(H,14,15). The number of alkyl halides is 3. The number of hydrogen-bond donors (Lipinski definition) is 1. The van der Waals surface area contributed by atoms with Gasteiger partial charge in [-0.15, -0.1) is 0 Å². The molecular formula is C9H12F3NO5S. The molecular weight excluding hydrogens is 291 g/mol. The van der Waals surface area contributed by atoms with Crippen LogP contribution in [0.25, 0.3) is 0 Å². The summed E-state index contributed by atoms with van der Waals surface area (Å²) in [4.78, 5) is 11.9. The van der Waals surface area contributed by atoms with Crippen molar-refractivity contribution in [3.8, 4) is 0 Å². The largest absolute Gasteiger partial charge is 0.523 e. The first-order valence-corrected chi connectivity index (χ1v) is 7.00. The van der Waals surface area contributed by atoms with Crippen molar-refractivity contribution >= 4 is 16.2 Å². The van der Waals surface area contributed by atoms with Gasteiger partial charge in [0.05, 0.1) is 6.10 Å². The highest BCUT2D eigenvalue weighted by atomic mass is 32.2. The third-order valence-corrected chi connectivity index (χ3v) is 4.58. The number of piperidine rings is 1. The van der Waals surface area contributed by atoms with Gasteiger partial charge in [-0.05, 0) is 12.8 Å². The Morgan fingerprint density at radius 3 is 2.05 bits per heavy atom. The van der Waals surface area contributed by atoms with Crippen LogP contribution in [0.3, 0.4) is 0 Å². The fraction of sp³-hybridized carbons (Fsp3) is 0.889. The van der Waals surface area contributed by atoms with Crippen molar-refractivity contribution in [2.75, 3.05) is 13.1 Å². The minimum atomic E-state index is -5.63. The second-order valence-corrected chi connectivity index (χ2v) is 6.31. The van der Waals surface area contributed by atoms with Gasteiger partial charge in [0.1, 0.15) is 0 Å². The lowest BCUT2D eigenvalue weighted by atomic mass is 9.95. The summed E-state index contributed by atoms with van der Waals surface area (Å²) >= 11 is 0. The van der Waals surface area contributed by atoms with Crippen molar-refractivity contribution in [3.63, 3.8) is 0 Å². The molecule has 19 heavy (non-hydrogen) atoms. The van der Waals surface area contributed by atoms with Crippen molar-refractivity contribution in [1.29, 1.82) is 0 Å². The average Bonchev–Trinajstić information content (AvgIpc) is 2.48. The van der Waals surface area contributed by atoms with Crippen molar-refractivity contribution in [2.45, 2.75) is 24.5 Å². The van der Waals surface area contributed by atoms with E-state index in [1.54, 1.807) is 0 Å². The van der Waals surface area contributed by atoms with Gasteiger partial charge in [0.25, 0.3) is 0 Å². The van der Waals surface area contributed by atoms with E-state index in [0.717, 1.165) is 4.90 Å². The summed E-state index contributed by atoms with van der Waals surface area (Å²) in [6.07, 6.45) is -1.31. The van der Waals surface area contributed by atoms with Crippen LogP contribution < -0.4 is 0 Å². The first kappa shape index (κ1) is 14.4. The number of amides is 1. The van der Waals surface area contributed by atoms with Crippen LogP contribution in [0.2, 0.25) is 0 Å². The Morgan fingerprint density at radius 2 is 1.68 bits per heavy atom. The van der Waals surface area contributed by atoms with Crippen molar-refractivity contribution in [2.24, 2.45) is 11.8 Å². The van der Waals surface area contributed by atoms with Gasteiger partial charge in [0.2, 0.25) is 0 Å². The van der Waals surface area contributed by atoms with E-state index in [1.165, 1.54) is 0 Å². The average molecular weight is 303 g/mol. The topological polar surface area (TPSA) is 83.9 Å². The van der Waals surface area contributed by atoms with Crippen LogP contribution in [0.1, 0.15) is 12.8 Å². The van der Waals surface area contributed by atoms with E-state index in [1.807, 2.05) is 0 Å². The van der Waals surface area contributed by atoms with Gasteiger partial charge in [0, 0.05) is 24.9 Å². The molecule has 1 saturated carbocycles. The Hall–Kier alpha value is -1.03. The summed E-state index contributed by atoms with van der Waals surface area (Å²) in [6.45, 7) is 0.00769. The number of likely N-dealkylation sites (tertiary alicyclic amines) is 1. The zero-order valence-electron chi connectivity index (χ0n) is 9.63. The third kappa shape index (κ3) is 2.64. The smallest absolute Gasteiger partial charge is 0.465 e. The number of hydrogen-bond acceptors (Lipinski definition) is 4. The first-order chi connectivity index (χ1) is 8.62. The lowest BCUT2D eigenvalue weighted by Crippen LogP contribution is -2.49. The van der Waals surface area contributed by atoms with Crippen LogP contribution in [0, 0.1) is 11.8 Å². The highest BCUT2D eigenvalue weighted by molar-refractivity contribution is 7.87. The maximum absolute atomic E-state index is 12.3. The quantitative estimate of drug-likeness (QED) is 0.613. The highest BCUT2D eigenvalue weighted by Gasteiger charge is 2.53. The minimum Gasteiger partial charge on any atom is -0.465 e. The van der Waals surface area contributed by atoms with E-state index in [4.69, 9.17) is 5.11 Å². The Labute approximate surface area is 107 Å². The Morgan fingerprint density at radius 1 is 1.21 bits per heavy atom. The highest BCUT2D eigenvalue weighted by Crippen LogP contribution is 2.41. The molecule has 2 aliphatic rings. The van der Waals surface area contributed by atoms with E-state index in [2.05, 4.69) is 4.18 Å². The molecule has 0 spiro atoms. The maximum Gasteiger partial charge on any atom is 0.523 e. The van der Waals surface area contributed by atoms with Gasteiger partial charge >= 0.3 is 21.7 Å². The van der Waals surface area contributed by atoms with Gasteiger partial charge in [-0.25, -0.2) is 4.79 Å². The number of carbonyl (C=O) groups is 1. The van der Waals surface area contributed by atoms with Gasteiger partial charge in [-0.3, -0.25) is 4.18 Å². The monoisotopic (exact) mass is 303 g/mol. The van der Waals surface area contributed by atoms with E-state index in [0.29, 0.717) is 12.8 Å².